The Morgan fingerprint density at radius 1 is 0.926 bits per heavy atom. The maximum Gasteiger partial charge on any atom is 0.274 e. The number of anilines is 1. The van der Waals surface area contributed by atoms with Crippen molar-refractivity contribution in [2.45, 2.75) is 135 Å². The summed E-state index contributed by atoms with van der Waals surface area (Å²) in [4.78, 5) is 94.7. The van der Waals surface area contributed by atoms with E-state index < -0.39 is 84.6 Å². The maximum absolute atomic E-state index is 12.6. The summed E-state index contributed by atoms with van der Waals surface area (Å²) in [6, 6.07) is 0. The molecule has 2 amide bonds. The summed E-state index contributed by atoms with van der Waals surface area (Å²) in [5.41, 5.74) is 4.13. The summed E-state index contributed by atoms with van der Waals surface area (Å²) < 4.78 is 61.1. The average molecular weight is 1060 g/mol. The maximum atomic E-state index is 12.6. The van der Waals surface area contributed by atoms with Crippen LogP contribution in [-0.4, -0.2) is 108 Å². The first-order valence-electron chi connectivity index (χ1n) is 21.2. The highest BCUT2D eigenvalue weighted by molar-refractivity contribution is 8.13. The molecule has 3 rings (SSSR count). The molecule has 3 unspecified atom stereocenters. The number of nitrogens with one attached hydrogen (secondary N) is 2. The molecule has 1 saturated heterocycles. The number of quaternary nitrogens is 3. The number of ether oxygens (including phenoxy) is 1. The number of fused-ring (bicyclic) bond motifs is 1. The van der Waals surface area contributed by atoms with Crippen LogP contribution in [0.2, 0.25) is 0 Å². The fourth-order valence-corrected chi connectivity index (χ4v) is 9.80. The highest BCUT2D eigenvalue weighted by Crippen LogP contribution is 2.56. The molecule has 0 aromatic carbocycles. The number of phosphoric ester groups is 3. The fraction of sp³-hybridized carbons (Fsp3) is 0.730. The minimum Gasteiger partial charge on any atom is -0.756 e. The number of hydrogen-bond acceptors (Lipinski definition) is 21. The quantitative estimate of drug-likeness (QED) is 0.0289. The number of aliphatic hydroxyl groups excluding tert-OH is 2. The largest absolute Gasteiger partial charge is 0.756 e. The van der Waals surface area contributed by atoms with Gasteiger partial charge in [-0.3, -0.25) is 32.6 Å². The van der Waals surface area contributed by atoms with Gasteiger partial charge in [-0.2, -0.15) is 0 Å². The third kappa shape index (κ3) is 23.4. The molecule has 19 N–H and O–H groups in total. The molecule has 31 heteroatoms. The summed E-state index contributed by atoms with van der Waals surface area (Å²) in [6.07, 6.45) is 10.1. The van der Waals surface area contributed by atoms with Crippen molar-refractivity contribution in [3.63, 3.8) is 0 Å². The lowest BCUT2D eigenvalue weighted by molar-refractivity contribution is -0.247. The second-order valence-electron chi connectivity index (χ2n) is 15.9. The molecule has 1 aliphatic rings. The molecule has 0 spiro atoms. The van der Waals surface area contributed by atoms with Crippen molar-refractivity contribution < 1.29 is 80.5 Å². The number of hydrogen-bond donors (Lipinski definition) is 9. The molecule has 0 bridgehead atoms. The first kappa shape index (κ1) is 65.2. The molecule has 2 aromatic heterocycles. The van der Waals surface area contributed by atoms with Gasteiger partial charge in [0.1, 0.15) is 36.3 Å². The second-order valence-corrected chi connectivity index (χ2v) is 21.1. The van der Waals surface area contributed by atoms with Gasteiger partial charge in [0.15, 0.2) is 22.8 Å². The number of aromatic nitrogens is 4. The number of phosphoric acid groups is 3. The summed E-state index contributed by atoms with van der Waals surface area (Å²) in [6.45, 7) is 2.42. The minimum atomic E-state index is -5.90. The van der Waals surface area contributed by atoms with Crippen LogP contribution in [0.3, 0.4) is 0 Å². The molecule has 1 aliphatic heterocycles. The van der Waals surface area contributed by atoms with E-state index in [1.807, 2.05) is 0 Å². The molecule has 3 heterocycles. The Bertz CT molecular complexity index is 2020. The highest BCUT2D eigenvalue weighted by Gasteiger charge is 2.48. The van der Waals surface area contributed by atoms with Crippen LogP contribution >= 0.6 is 35.2 Å². The summed E-state index contributed by atoms with van der Waals surface area (Å²) in [5.74, 6) is -1.12. The van der Waals surface area contributed by atoms with E-state index in [0.717, 1.165) is 73.9 Å². The Kier molecular flexibility index (Phi) is 30.2. The number of nitrogen functional groups attached to an aromatic ring is 1. The number of allylic oxidation sites excluding steroid dienone is 2. The molecule has 27 nitrogen and oxygen atoms in total. The van der Waals surface area contributed by atoms with E-state index in [9.17, 15) is 57.9 Å². The number of carbonyl (C=O) groups excluding carboxylic acids is 3. The molecule has 394 valence electrons. The van der Waals surface area contributed by atoms with E-state index >= 15 is 0 Å². The van der Waals surface area contributed by atoms with Gasteiger partial charge in [-0.1, -0.05) is 83.2 Å². The number of unbranched alkanes of at least 4 members (excludes halogenated alkanes) is 9. The zero-order valence-electron chi connectivity index (χ0n) is 39.6. The van der Waals surface area contributed by atoms with Crippen LogP contribution < -0.4 is 49.5 Å². The molecule has 8 atom stereocenters. The van der Waals surface area contributed by atoms with Crippen LogP contribution in [0.5, 0.6) is 0 Å². The van der Waals surface area contributed by atoms with Gasteiger partial charge < -0.3 is 82.9 Å². The van der Waals surface area contributed by atoms with Crippen molar-refractivity contribution in [3.8, 4) is 0 Å². The molecule has 0 aliphatic carbocycles. The lowest BCUT2D eigenvalue weighted by atomic mass is 9.87. The van der Waals surface area contributed by atoms with Gasteiger partial charge in [-0.15, -0.1) is 0 Å². The van der Waals surface area contributed by atoms with E-state index in [1.165, 1.54) is 39.5 Å². The Morgan fingerprint density at radius 2 is 1.54 bits per heavy atom. The standard InChI is InChI=1S/C37H64N7O17P3S.3H3N/c1-4-5-6-7-8-9-10-11-12-13-14-15-16-17-28(46)65-21-20-39-27(45)18-19-40-35(49)32(48)37(2,3)23-58-64(55,56)61-63(53,54)57-22-26-31(60-62(50,51)52)30(47)36(59-26)44-25-43-29-33(38)41-24-42-34(29)44;;;/h9-10,24-26,30-32,36,47-48H,4-8,11-23H2,1-3H3,(H,39,45)(H,40,49)(H,53,54)(H,55,56)(H2,38,41,42)(H2,50,51,52);3*1H3/b10-9-;;;/t26-,30-,31-,32+,36-;;;/m1.../s1. The van der Waals surface area contributed by atoms with Crippen LogP contribution in [-0.2, 0) is 50.7 Å². The summed E-state index contributed by atoms with van der Waals surface area (Å²) in [7, 11) is -17.3. The van der Waals surface area contributed by atoms with Crippen molar-refractivity contribution in [1.29, 1.82) is 0 Å². The lowest BCUT2D eigenvalue weighted by Crippen LogP contribution is -2.46. The number of nitrogens with zero attached hydrogens (tertiary/aromatic N) is 4. The van der Waals surface area contributed by atoms with E-state index in [0.29, 0.717) is 12.2 Å². The van der Waals surface area contributed by atoms with Crippen LogP contribution in [0.25, 0.3) is 11.2 Å². The van der Waals surface area contributed by atoms with Crippen LogP contribution in [0, 0.1) is 5.41 Å². The highest BCUT2D eigenvalue weighted by atomic mass is 32.2. The molecule has 0 saturated carbocycles. The Morgan fingerprint density at radius 3 is 2.19 bits per heavy atom. The van der Waals surface area contributed by atoms with Crippen LogP contribution in [0.15, 0.2) is 24.8 Å². The van der Waals surface area contributed by atoms with Crippen molar-refractivity contribution in [1.82, 2.24) is 48.6 Å². The third-order valence-corrected chi connectivity index (χ3v) is 13.8. The van der Waals surface area contributed by atoms with Crippen LogP contribution in [0.4, 0.5) is 5.82 Å². The Hall–Kier alpha value is -2.82. The topological polar surface area (TPSA) is 482 Å². The molecular weight excluding hydrogens is 981 g/mol. The molecule has 0 radical (unpaired) electrons. The SMILES string of the molecule is CCCCCC/C=C\CCCCCCCC(=O)SCCNC(=O)CCNC(=O)[C@H](O)C(C)(C)COP(=O)([O-])OP(=O)([O-])OC[C@H]1O[C@@H](n2cnc3c(N)ncnc32)[C@H](O)[C@@H]1OP(=O)([O-])O.[NH4+].[NH4+].[NH4+]. The van der Waals surface area contributed by atoms with E-state index in [2.05, 4.69) is 62.5 Å². The van der Waals surface area contributed by atoms with Gasteiger partial charge in [0, 0.05) is 37.1 Å². The van der Waals surface area contributed by atoms with Crippen molar-refractivity contribution in [2.75, 3.05) is 37.8 Å². The normalized spacial score (nSPS) is 20.2. The molecule has 2 aromatic rings. The summed E-state index contributed by atoms with van der Waals surface area (Å²) >= 11 is 1.14. The first-order chi connectivity index (χ1) is 30.6. The zero-order valence-corrected chi connectivity index (χ0v) is 43.1. The van der Waals surface area contributed by atoms with Gasteiger partial charge in [-0.05, 0) is 32.1 Å². The predicted octanol–water partition coefficient (Wildman–Crippen LogP) is 3.15. The van der Waals surface area contributed by atoms with E-state index in [1.54, 1.807) is 0 Å². The van der Waals surface area contributed by atoms with Crippen molar-refractivity contribution in [3.05, 3.63) is 24.8 Å². The van der Waals surface area contributed by atoms with E-state index in [4.69, 9.17) is 10.5 Å². The average Bonchev–Trinajstić information content (AvgIpc) is 3.79. The van der Waals surface area contributed by atoms with Gasteiger partial charge in [0.2, 0.25) is 11.8 Å². The monoisotopic (exact) mass is 1050 g/mol. The van der Waals surface area contributed by atoms with Crippen LogP contribution in [0.1, 0.15) is 110 Å². The zero-order chi connectivity index (χ0) is 48.3. The van der Waals surface area contributed by atoms with Gasteiger partial charge in [-0.25, -0.2) is 19.3 Å². The van der Waals surface area contributed by atoms with E-state index in [-0.39, 0.29) is 60.1 Å². The lowest BCUT2D eigenvalue weighted by Gasteiger charge is -2.35. The number of rotatable bonds is 32. The van der Waals surface area contributed by atoms with Crippen molar-refractivity contribution in [2.24, 2.45) is 5.41 Å². The second kappa shape index (κ2) is 31.5. The first-order valence-corrected chi connectivity index (χ1v) is 26.6. The minimum absolute atomic E-state index is 0. The smallest absolute Gasteiger partial charge is 0.274 e. The molecule has 68 heavy (non-hydrogen) atoms. The van der Waals surface area contributed by atoms with Gasteiger partial charge in [0.25, 0.3) is 23.5 Å². The van der Waals surface area contributed by atoms with Gasteiger partial charge >= 0.3 is 0 Å². The van der Waals surface area contributed by atoms with Gasteiger partial charge in [0.05, 0.1) is 19.5 Å². The van der Waals surface area contributed by atoms with Crippen molar-refractivity contribution >= 4 is 69.1 Å². The Labute approximate surface area is 400 Å². The Balaban J connectivity index is 0.0000150. The summed E-state index contributed by atoms with van der Waals surface area (Å²) in [5, 5.41) is 26.5. The number of imidazole rings is 1. The number of amides is 2. The number of thioether (sulfide) groups is 1. The molecular formula is C37H73N10O17P3S. The fourth-order valence-electron chi connectivity index (χ4n) is 6.34. The molecule has 1 fully saturated rings. The third-order valence-electron chi connectivity index (χ3n) is 9.89. The predicted molar refractivity (Wildman–Crippen MR) is 249 cm³/mol. The number of aliphatic hydroxyl groups is 2. The number of carbonyl (C=O) groups is 3. The number of nitrogens with two attached hydrogens (primary N) is 1.